The molecule has 5 rings (SSSR count). The van der Waals surface area contributed by atoms with Crippen LogP contribution in [-0.2, 0) is 16.8 Å². The topological polar surface area (TPSA) is 57.4 Å². The SMILES string of the molecule is C=CC1CC2CC(CCc3nc4c(OC(F)(F)F)c(C(C)(C)OC)cc(-c5nccs5)c4o3)CC1C2. The number of hydrogen-bond acceptors (Lipinski definition) is 6. The first-order valence-electron chi connectivity index (χ1n) is 12.4. The number of ether oxygens (including phenoxy) is 2. The number of halogens is 3. The first-order chi connectivity index (χ1) is 17.1. The van der Waals surface area contributed by atoms with Crippen LogP contribution in [0.4, 0.5) is 13.2 Å². The quantitative estimate of drug-likeness (QED) is 0.283. The summed E-state index contributed by atoms with van der Waals surface area (Å²) in [5, 5.41) is 2.45. The van der Waals surface area contributed by atoms with Crippen molar-refractivity contribution in [2.24, 2.45) is 23.7 Å². The Kier molecular flexibility index (Phi) is 6.66. The van der Waals surface area contributed by atoms with Crippen molar-refractivity contribution in [2.45, 2.75) is 64.3 Å². The molecule has 2 heterocycles. The minimum absolute atomic E-state index is 0.0468. The van der Waals surface area contributed by atoms with Crippen LogP contribution < -0.4 is 4.74 Å². The van der Waals surface area contributed by atoms with Gasteiger partial charge in [0.25, 0.3) is 0 Å². The van der Waals surface area contributed by atoms with Crippen LogP contribution in [-0.4, -0.2) is 23.4 Å². The number of aryl methyl sites for hydroxylation is 1. The van der Waals surface area contributed by atoms with E-state index in [1.54, 1.807) is 26.1 Å². The Labute approximate surface area is 212 Å². The van der Waals surface area contributed by atoms with Crippen LogP contribution in [0.5, 0.6) is 5.75 Å². The zero-order chi connectivity index (χ0) is 25.7. The van der Waals surface area contributed by atoms with Gasteiger partial charge in [0.15, 0.2) is 22.7 Å². The van der Waals surface area contributed by atoms with Crippen LogP contribution in [0.2, 0.25) is 0 Å². The zero-order valence-electron chi connectivity index (χ0n) is 20.7. The Bertz CT molecular complexity index is 1240. The van der Waals surface area contributed by atoms with Crippen LogP contribution in [0, 0.1) is 23.7 Å². The third-order valence-corrected chi connectivity index (χ3v) is 8.73. The van der Waals surface area contributed by atoms with E-state index in [0.29, 0.717) is 40.6 Å². The number of allylic oxidation sites excluding steroid dienone is 1. The highest BCUT2D eigenvalue weighted by molar-refractivity contribution is 7.13. The summed E-state index contributed by atoms with van der Waals surface area (Å²) in [6.07, 6.45) is 5.16. The number of methoxy groups -OCH3 is 1. The van der Waals surface area contributed by atoms with Crippen LogP contribution in [0.1, 0.15) is 57.4 Å². The molecule has 2 aliphatic rings. The summed E-state index contributed by atoms with van der Waals surface area (Å²) in [6, 6.07) is 1.62. The summed E-state index contributed by atoms with van der Waals surface area (Å²) in [5.41, 5.74) is 0.0520. The van der Waals surface area contributed by atoms with Crippen LogP contribution in [0.25, 0.3) is 21.7 Å². The molecule has 2 saturated carbocycles. The highest BCUT2D eigenvalue weighted by atomic mass is 32.1. The number of aromatic nitrogens is 2. The van der Waals surface area contributed by atoms with Crippen molar-refractivity contribution in [2.75, 3.05) is 7.11 Å². The average Bonchev–Trinajstić information content (AvgIpc) is 3.56. The highest BCUT2D eigenvalue weighted by Gasteiger charge is 2.40. The first kappa shape index (κ1) is 25.3. The zero-order valence-corrected chi connectivity index (χ0v) is 21.5. The van der Waals surface area contributed by atoms with Gasteiger partial charge in [-0.2, -0.15) is 0 Å². The first-order valence-corrected chi connectivity index (χ1v) is 13.3. The lowest BCUT2D eigenvalue weighted by Gasteiger charge is -2.28. The molecule has 194 valence electrons. The van der Waals surface area contributed by atoms with E-state index in [9.17, 15) is 13.2 Å². The van der Waals surface area contributed by atoms with Crippen molar-refractivity contribution < 1.29 is 27.1 Å². The van der Waals surface area contributed by atoms with Crippen molar-refractivity contribution in [3.8, 4) is 16.3 Å². The van der Waals surface area contributed by atoms with E-state index in [4.69, 9.17) is 9.15 Å². The molecule has 5 nitrogen and oxygen atoms in total. The van der Waals surface area contributed by atoms with Gasteiger partial charge in [-0.05, 0) is 75.7 Å². The number of benzene rings is 1. The van der Waals surface area contributed by atoms with E-state index in [2.05, 4.69) is 27.4 Å². The number of thiazole rings is 1. The summed E-state index contributed by atoms with van der Waals surface area (Å²) >= 11 is 1.38. The van der Waals surface area contributed by atoms with Crippen LogP contribution >= 0.6 is 11.3 Å². The van der Waals surface area contributed by atoms with Gasteiger partial charge < -0.3 is 13.9 Å². The third-order valence-electron chi connectivity index (χ3n) is 7.92. The fourth-order valence-electron chi connectivity index (χ4n) is 6.09. The van der Waals surface area contributed by atoms with Crippen LogP contribution in [0.3, 0.4) is 0 Å². The number of oxazole rings is 1. The van der Waals surface area contributed by atoms with E-state index in [1.807, 2.05) is 5.38 Å². The van der Waals surface area contributed by atoms with Gasteiger partial charge >= 0.3 is 6.36 Å². The summed E-state index contributed by atoms with van der Waals surface area (Å²) in [7, 11) is 1.45. The molecule has 0 amide bonds. The van der Waals surface area contributed by atoms with E-state index >= 15 is 0 Å². The number of nitrogens with zero attached hydrogens (tertiary/aromatic N) is 2. The molecule has 3 aromatic rings. The lowest BCUT2D eigenvalue weighted by molar-refractivity contribution is -0.274. The minimum Gasteiger partial charge on any atom is -0.440 e. The van der Waals surface area contributed by atoms with Crippen molar-refractivity contribution >= 4 is 22.4 Å². The molecule has 2 fully saturated rings. The smallest absolute Gasteiger partial charge is 0.440 e. The minimum atomic E-state index is -4.89. The van der Waals surface area contributed by atoms with Gasteiger partial charge in [0, 0.05) is 30.7 Å². The number of fused-ring (bicyclic) bond motifs is 3. The third kappa shape index (κ3) is 4.92. The number of hydrogen-bond donors (Lipinski definition) is 0. The molecule has 0 spiro atoms. The molecule has 0 N–H and O–H groups in total. The number of alkyl halides is 3. The maximum absolute atomic E-state index is 13.5. The Morgan fingerprint density at radius 1 is 1.22 bits per heavy atom. The molecule has 2 aromatic heterocycles. The summed E-state index contributed by atoms with van der Waals surface area (Å²) in [6.45, 7) is 7.39. The molecule has 0 saturated heterocycles. The second-order valence-corrected chi connectivity index (χ2v) is 11.5. The molecule has 2 aliphatic carbocycles. The maximum Gasteiger partial charge on any atom is 0.573 e. The predicted molar refractivity (Wildman–Crippen MR) is 133 cm³/mol. The highest BCUT2D eigenvalue weighted by Crippen LogP contribution is 2.50. The molecule has 0 aliphatic heterocycles. The molecule has 36 heavy (non-hydrogen) atoms. The molecular formula is C27H31F3N2O3S. The van der Waals surface area contributed by atoms with Gasteiger partial charge in [-0.3, -0.25) is 0 Å². The predicted octanol–water partition coefficient (Wildman–Crippen LogP) is 7.90. The second kappa shape index (κ2) is 9.49. The van der Waals surface area contributed by atoms with Gasteiger partial charge in [0.2, 0.25) is 0 Å². The molecular weight excluding hydrogens is 489 g/mol. The van der Waals surface area contributed by atoms with Crippen molar-refractivity contribution in [3.63, 3.8) is 0 Å². The fourth-order valence-corrected chi connectivity index (χ4v) is 6.74. The molecule has 1 aromatic carbocycles. The normalized spacial score (nSPS) is 24.4. The van der Waals surface area contributed by atoms with Gasteiger partial charge in [0.1, 0.15) is 5.01 Å². The van der Waals surface area contributed by atoms with Crippen LogP contribution in [0.15, 0.2) is 34.7 Å². The molecule has 9 heteroatoms. The van der Waals surface area contributed by atoms with Gasteiger partial charge in [-0.1, -0.05) is 6.08 Å². The lowest BCUT2D eigenvalue weighted by atomic mass is 9.78. The lowest BCUT2D eigenvalue weighted by Crippen LogP contribution is -2.25. The van der Waals surface area contributed by atoms with E-state index < -0.39 is 12.0 Å². The molecule has 2 bridgehead atoms. The van der Waals surface area contributed by atoms with E-state index in [-0.39, 0.29) is 22.4 Å². The van der Waals surface area contributed by atoms with E-state index in [0.717, 1.165) is 18.8 Å². The summed E-state index contributed by atoms with van der Waals surface area (Å²) in [5.74, 6) is 2.62. The van der Waals surface area contributed by atoms with Gasteiger partial charge in [-0.25, -0.2) is 9.97 Å². The van der Waals surface area contributed by atoms with E-state index in [1.165, 1.54) is 37.7 Å². The Morgan fingerprint density at radius 3 is 2.69 bits per heavy atom. The number of rotatable bonds is 8. The second-order valence-electron chi connectivity index (χ2n) is 10.6. The molecule has 0 radical (unpaired) electrons. The Morgan fingerprint density at radius 2 is 2.03 bits per heavy atom. The largest absolute Gasteiger partial charge is 0.573 e. The van der Waals surface area contributed by atoms with Gasteiger partial charge in [-0.15, -0.1) is 31.1 Å². The maximum atomic E-state index is 13.5. The fraction of sp³-hybridized carbons (Fsp3) is 0.556. The standard InChI is InChI=1S/C27H31F3N2O3S/c1-5-17-12-16-10-15(11-18(17)13-16)6-7-21-32-22-23(34-21)19(25-31-8-9-36-25)14-20(26(2,3)33-4)24(22)35-27(28,29)30/h5,8-9,14-18H,1,6-7,10-13H2,2-4H3. The monoisotopic (exact) mass is 520 g/mol. The van der Waals surface area contributed by atoms with Crippen molar-refractivity contribution in [3.05, 3.63) is 41.8 Å². The summed E-state index contributed by atoms with van der Waals surface area (Å²) < 4.78 is 56.8. The Hall–Kier alpha value is -2.39. The average molecular weight is 521 g/mol. The summed E-state index contributed by atoms with van der Waals surface area (Å²) in [4.78, 5) is 8.93. The van der Waals surface area contributed by atoms with Crippen molar-refractivity contribution in [1.29, 1.82) is 0 Å². The van der Waals surface area contributed by atoms with Gasteiger partial charge in [0.05, 0.1) is 11.2 Å². The van der Waals surface area contributed by atoms with Crippen molar-refractivity contribution in [1.82, 2.24) is 9.97 Å². The Balaban J connectivity index is 1.52. The molecule has 4 unspecified atom stereocenters. The molecule has 4 atom stereocenters.